The molecule has 2 aromatic heterocycles. The van der Waals surface area contributed by atoms with Gasteiger partial charge in [-0.15, -0.1) is 0 Å². The zero-order valence-corrected chi connectivity index (χ0v) is 14.9. The normalized spacial score (nSPS) is 15.6. The fourth-order valence-electron chi connectivity index (χ4n) is 3.14. The molecule has 0 saturated heterocycles. The highest BCUT2D eigenvalue weighted by Gasteiger charge is 2.20. The largest absolute Gasteiger partial charge is 0.490 e. The van der Waals surface area contributed by atoms with E-state index in [4.69, 9.17) is 18.4 Å². The van der Waals surface area contributed by atoms with Gasteiger partial charge < -0.3 is 18.4 Å². The lowest BCUT2D eigenvalue weighted by molar-refractivity contribution is 0.0462. The summed E-state index contributed by atoms with van der Waals surface area (Å²) in [6.45, 7) is 5.60. The third-order valence-electron chi connectivity index (χ3n) is 4.35. The van der Waals surface area contributed by atoms with E-state index in [-0.39, 0.29) is 12.7 Å². The number of hydrogen-bond acceptors (Lipinski definition) is 6. The van der Waals surface area contributed by atoms with Crippen LogP contribution in [0.2, 0.25) is 0 Å². The summed E-state index contributed by atoms with van der Waals surface area (Å²) in [5.74, 6) is 2.33. The van der Waals surface area contributed by atoms with Crippen molar-refractivity contribution >= 4 is 5.97 Å². The first-order valence-corrected chi connectivity index (χ1v) is 8.49. The Balaban J connectivity index is 1.45. The molecule has 0 N–H and O–H groups in total. The predicted molar refractivity (Wildman–Crippen MR) is 93.0 cm³/mol. The van der Waals surface area contributed by atoms with E-state index < -0.39 is 5.97 Å². The summed E-state index contributed by atoms with van der Waals surface area (Å²) in [4.78, 5) is 12.1. The Hall–Kier alpha value is -3.02. The maximum atomic E-state index is 12.1. The summed E-state index contributed by atoms with van der Waals surface area (Å²) in [6.07, 6.45) is 1.07. The van der Waals surface area contributed by atoms with E-state index in [1.807, 2.05) is 25.1 Å². The van der Waals surface area contributed by atoms with Crippen LogP contribution in [0.25, 0.3) is 11.3 Å². The second kappa shape index (κ2) is 6.37. The molecule has 0 amide bonds. The molecule has 4 rings (SSSR count). The number of rotatable bonds is 4. The molecular formula is C20H19NO5. The molecule has 1 aromatic carbocycles. The summed E-state index contributed by atoms with van der Waals surface area (Å²) >= 11 is 0. The highest BCUT2D eigenvalue weighted by molar-refractivity contribution is 5.90. The summed E-state index contributed by atoms with van der Waals surface area (Å²) in [5, 5.41) is 3.99. The first kappa shape index (κ1) is 16.4. The molecule has 3 aromatic rings. The highest BCUT2D eigenvalue weighted by Crippen LogP contribution is 2.33. The number of carbonyl (C=O) groups is 1. The van der Waals surface area contributed by atoms with E-state index in [0.717, 1.165) is 23.3 Å². The van der Waals surface area contributed by atoms with Crippen molar-refractivity contribution in [1.82, 2.24) is 5.16 Å². The van der Waals surface area contributed by atoms with E-state index in [9.17, 15) is 4.79 Å². The van der Waals surface area contributed by atoms with E-state index in [2.05, 4.69) is 5.16 Å². The average Bonchev–Trinajstić information content (AvgIpc) is 3.29. The lowest BCUT2D eigenvalue weighted by atomic mass is 10.1. The molecule has 134 valence electrons. The first-order valence-electron chi connectivity index (χ1n) is 8.49. The van der Waals surface area contributed by atoms with Gasteiger partial charge in [-0.2, -0.15) is 0 Å². The van der Waals surface area contributed by atoms with Crippen LogP contribution in [0.3, 0.4) is 0 Å². The zero-order chi connectivity index (χ0) is 18.3. The molecule has 6 heteroatoms. The van der Waals surface area contributed by atoms with Crippen molar-refractivity contribution in [2.75, 3.05) is 0 Å². The number of fused-ring (bicyclic) bond motifs is 1. The Bertz CT molecular complexity index is 968. The first-order chi connectivity index (χ1) is 12.5. The van der Waals surface area contributed by atoms with Crippen molar-refractivity contribution in [3.05, 3.63) is 58.7 Å². The number of nitrogens with zero attached hydrogens (tertiary/aromatic N) is 1. The number of furan rings is 1. The number of hydrogen-bond donors (Lipinski definition) is 0. The van der Waals surface area contributed by atoms with E-state index in [0.29, 0.717) is 28.5 Å². The molecule has 1 aliphatic heterocycles. The number of ether oxygens (including phenoxy) is 2. The number of aromatic nitrogens is 1. The minimum absolute atomic E-state index is 0.0388. The third kappa shape index (κ3) is 3.10. The van der Waals surface area contributed by atoms with Crippen LogP contribution in [-0.2, 0) is 17.8 Å². The number of esters is 1. The van der Waals surface area contributed by atoms with Gasteiger partial charge in [-0.1, -0.05) is 5.16 Å². The van der Waals surface area contributed by atoms with Gasteiger partial charge in [-0.3, -0.25) is 0 Å². The molecule has 0 aliphatic carbocycles. The Kier molecular flexibility index (Phi) is 4.03. The zero-order valence-electron chi connectivity index (χ0n) is 14.9. The monoisotopic (exact) mass is 353 g/mol. The minimum atomic E-state index is -0.437. The van der Waals surface area contributed by atoms with E-state index in [1.54, 1.807) is 26.0 Å². The summed E-state index contributed by atoms with van der Waals surface area (Å²) in [5.41, 5.74) is 3.06. The van der Waals surface area contributed by atoms with Crippen LogP contribution in [0.1, 0.15) is 40.1 Å². The molecule has 26 heavy (non-hydrogen) atoms. The second-order valence-corrected chi connectivity index (χ2v) is 6.54. The van der Waals surface area contributed by atoms with Gasteiger partial charge in [-0.05, 0) is 50.6 Å². The average molecular weight is 353 g/mol. The summed E-state index contributed by atoms with van der Waals surface area (Å²) < 4.78 is 21.8. The number of benzene rings is 1. The topological polar surface area (TPSA) is 74.7 Å². The predicted octanol–water partition coefficient (Wildman–Crippen LogP) is 4.23. The standard InChI is InChI=1S/C20H19NO5/c1-11-6-15-8-14(4-5-18(15)25-11)19-9-16(21-26-19)10-23-20(22)17-7-12(2)24-13(17)3/h4-5,7-9,11H,6,10H2,1-3H3. The fraction of sp³-hybridized carbons (Fsp3) is 0.300. The van der Waals surface area contributed by atoms with Gasteiger partial charge in [0.15, 0.2) is 5.76 Å². The lowest BCUT2D eigenvalue weighted by Gasteiger charge is -2.02. The van der Waals surface area contributed by atoms with Crippen LogP contribution in [0.4, 0.5) is 0 Å². The van der Waals surface area contributed by atoms with Crippen molar-refractivity contribution < 1.29 is 23.2 Å². The van der Waals surface area contributed by atoms with Gasteiger partial charge in [0, 0.05) is 18.1 Å². The molecule has 0 saturated carbocycles. The SMILES string of the molecule is Cc1cc(C(=O)OCc2cc(-c3ccc4c(c3)CC(C)O4)on2)c(C)o1. The van der Waals surface area contributed by atoms with Crippen LogP contribution >= 0.6 is 0 Å². The van der Waals surface area contributed by atoms with Gasteiger partial charge in [0.2, 0.25) is 0 Å². The van der Waals surface area contributed by atoms with Crippen LogP contribution in [0, 0.1) is 13.8 Å². The molecule has 0 spiro atoms. The fourth-order valence-corrected chi connectivity index (χ4v) is 3.14. The van der Waals surface area contributed by atoms with Crippen molar-refractivity contribution in [3.63, 3.8) is 0 Å². The molecule has 3 heterocycles. The Morgan fingerprint density at radius 1 is 1.27 bits per heavy atom. The maximum Gasteiger partial charge on any atom is 0.342 e. The Morgan fingerprint density at radius 2 is 2.12 bits per heavy atom. The molecule has 1 atom stereocenters. The minimum Gasteiger partial charge on any atom is -0.490 e. The van der Waals surface area contributed by atoms with Crippen LogP contribution < -0.4 is 4.74 Å². The van der Waals surface area contributed by atoms with Crippen molar-refractivity contribution in [2.45, 2.75) is 39.9 Å². The quantitative estimate of drug-likeness (QED) is 0.653. The van der Waals surface area contributed by atoms with E-state index in [1.165, 1.54) is 0 Å². The van der Waals surface area contributed by atoms with Crippen molar-refractivity contribution in [2.24, 2.45) is 0 Å². The second-order valence-electron chi connectivity index (χ2n) is 6.54. The lowest BCUT2D eigenvalue weighted by Crippen LogP contribution is -2.05. The molecule has 1 aliphatic rings. The number of aryl methyl sites for hydroxylation is 2. The van der Waals surface area contributed by atoms with Gasteiger partial charge in [0.05, 0.1) is 0 Å². The molecule has 0 bridgehead atoms. The highest BCUT2D eigenvalue weighted by atomic mass is 16.5. The molecule has 0 radical (unpaired) electrons. The summed E-state index contributed by atoms with van der Waals surface area (Å²) in [6, 6.07) is 9.37. The maximum absolute atomic E-state index is 12.1. The van der Waals surface area contributed by atoms with Crippen LogP contribution in [0.15, 0.2) is 39.3 Å². The third-order valence-corrected chi connectivity index (χ3v) is 4.35. The molecular weight excluding hydrogens is 334 g/mol. The molecule has 1 unspecified atom stereocenters. The van der Waals surface area contributed by atoms with Gasteiger partial charge in [0.25, 0.3) is 0 Å². The van der Waals surface area contributed by atoms with Crippen LogP contribution in [-0.4, -0.2) is 17.2 Å². The van der Waals surface area contributed by atoms with Crippen molar-refractivity contribution in [1.29, 1.82) is 0 Å². The smallest absolute Gasteiger partial charge is 0.342 e. The van der Waals surface area contributed by atoms with E-state index >= 15 is 0 Å². The van der Waals surface area contributed by atoms with Gasteiger partial charge >= 0.3 is 5.97 Å². The van der Waals surface area contributed by atoms with Gasteiger partial charge in [0.1, 0.15) is 41.2 Å². The Morgan fingerprint density at radius 3 is 2.88 bits per heavy atom. The van der Waals surface area contributed by atoms with Crippen molar-refractivity contribution in [3.8, 4) is 17.1 Å². The van der Waals surface area contributed by atoms with Gasteiger partial charge in [-0.25, -0.2) is 4.79 Å². The van der Waals surface area contributed by atoms with Crippen LogP contribution in [0.5, 0.6) is 5.75 Å². The number of carbonyl (C=O) groups excluding carboxylic acids is 1. The molecule has 0 fully saturated rings. The Labute approximate surface area is 150 Å². The molecule has 6 nitrogen and oxygen atoms in total. The summed E-state index contributed by atoms with van der Waals surface area (Å²) in [7, 11) is 0.